The summed E-state index contributed by atoms with van der Waals surface area (Å²) in [6.45, 7) is 1.23. The zero-order chi connectivity index (χ0) is 7.44. The van der Waals surface area contributed by atoms with Gasteiger partial charge >= 0.3 is 0 Å². The van der Waals surface area contributed by atoms with Crippen molar-refractivity contribution in [3.63, 3.8) is 0 Å². The number of rotatable bonds is 3. The standard InChI is InChI=1S/C5H6O3S.Zr/c1-3(6)2-4(7)5(8)9;/h2H2,1H3,(H,8,9);/p-1. The van der Waals surface area contributed by atoms with Gasteiger partial charge in [-0.15, -0.1) is 0 Å². The van der Waals surface area contributed by atoms with Crippen LogP contribution in [-0.4, -0.2) is 16.7 Å². The molecule has 0 rings (SSSR count). The van der Waals surface area contributed by atoms with E-state index in [0.29, 0.717) is 0 Å². The Balaban J connectivity index is 0. The molecule has 0 N–H and O–H groups in total. The van der Waals surface area contributed by atoms with Gasteiger partial charge in [0.2, 0.25) is 0 Å². The second-order valence-electron chi connectivity index (χ2n) is 1.59. The van der Waals surface area contributed by atoms with Crippen LogP contribution in [0.25, 0.3) is 0 Å². The molecule has 0 saturated carbocycles. The average Bonchev–Trinajstić information content (AvgIpc) is 1.63. The van der Waals surface area contributed by atoms with Crippen LogP contribution in [0.1, 0.15) is 13.3 Å². The summed E-state index contributed by atoms with van der Waals surface area (Å²) in [6.07, 6.45) is -0.359. The monoisotopic (exact) mass is 235 g/mol. The van der Waals surface area contributed by atoms with Gasteiger partial charge in [0.15, 0.2) is 5.78 Å². The smallest absolute Gasteiger partial charge is 0.182 e. The normalized spacial score (nSPS) is 7.70. The molecule has 0 aliphatic heterocycles. The molecule has 0 spiro atoms. The number of carbonyl (C=O) groups is 3. The number of hydrogen-bond acceptors (Lipinski definition) is 4. The fraction of sp³-hybridized carbons (Fsp3) is 0.400. The minimum absolute atomic E-state index is 0. The van der Waals surface area contributed by atoms with Crippen molar-refractivity contribution in [2.24, 2.45) is 0 Å². The quantitative estimate of drug-likeness (QED) is 0.380. The third-order valence-electron chi connectivity index (χ3n) is 0.637. The maximum Gasteiger partial charge on any atom is 0.182 e. The third-order valence-corrected chi connectivity index (χ3v) is 0.865. The summed E-state index contributed by atoms with van der Waals surface area (Å²) < 4.78 is 0. The van der Waals surface area contributed by atoms with Crippen LogP contribution in [0.4, 0.5) is 0 Å². The molecular formula is C5H5O3SZr-. The van der Waals surface area contributed by atoms with Crippen LogP contribution in [0, 0.1) is 0 Å². The average molecular weight is 236 g/mol. The van der Waals surface area contributed by atoms with Crippen molar-refractivity contribution in [1.82, 2.24) is 0 Å². The van der Waals surface area contributed by atoms with Crippen molar-refractivity contribution in [3.05, 3.63) is 0 Å². The fourth-order valence-corrected chi connectivity index (χ4v) is 0.370. The molecule has 0 aliphatic carbocycles. The van der Waals surface area contributed by atoms with Crippen LogP contribution in [-0.2, 0) is 53.2 Å². The van der Waals surface area contributed by atoms with E-state index < -0.39 is 10.9 Å². The van der Waals surface area contributed by atoms with Gasteiger partial charge in [0.05, 0.1) is 11.5 Å². The summed E-state index contributed by atoms with van der Waals surface area (Å²) in [5, 5.41) is -0.967. The summed E-state index contributed by atoms with van der Waals surface area (Å²) >= 11 is 3.98. The molecule has 5 heteroatoms. The van der Waals surface area contributed by atoms with Crippen molar-refractivity contribution in [1.29, 1.82) is 0 Å². The van der Waals surface area contributed by atoms with E-state index in [1.807, 2.05) is 0 Å². The van der Waals surface area contributed by atoms with E-state index in [2.05, 4.69) is 12.6 Å². The molecule has 0 aromatic rings. The van der Waals surface area contributed by atoms with Crippen molar-refractivity contribution in [2.45, 2.75) is 13.3 Å². The molecular weight excluding hydrogens is 231 g/mol. The molecule has 0 saturated heterocycles. The topological polar surface area (TPSA) is 51.2 Å². The molecule has 0 fully saturated rings. The first kappa shape index (κ1) is 12.8. The molecule has 0 aromatic carbocycles. The number of Topliss-reactive ketones (excluding diaryl/α,β-unsaturated/α-hetero) is 2. The van der Waals surface area contributed by atoms with Gasteiger partial charge in [0.1, 0.15) is 5.78 Å². The molecule has 54 valence electrons. The third kappa shape index (κ3) is 6.24. The SMILES string of the molecule is CC(=O)CC(=O)C(=O)[S-].[Zr]. The van der Waals surface area contributed by atoms with Gasteiger partial charge in [-0.1, -0.05) is 0 Å². The first-order valence-electron chi connectivity index (χ1n) is 2.27. The van der Waals surface area contributed by atoms with Gasteiger partial charge in [0, 0.05) is 26.2 Å². The molecule has 0 heterocycles. The van der Waals surface area contributed by atoms with Gasteiger partial charge in [-0.25, -0.2) is 0 Å². The van der Waals surface area contributed by atoms with Crippen LogP contribution in [0.3, 0.4) is 0 Å². The molecule has 0 amide bonds. The van der Waals surface area contributed by atoms with E-state index in [-0.39, 0.29) is 38.4 Å². The van der Waals surface area contributed by atoms with Gasteiger partial charge in [-0.05, 0) is 6.92 Å². The van der Waals surface area contributed by atoms with Gasteiger partial charge in [-0.2, -0.15) is 0 Å². The van der Waals surface area contributed by atoms with Crippen LogP contribution in [0.5, 0.6) is 0 Å². The summed E-state index contributed by atoms with van der Waals surface area (Å²) in [6, 6.07) is 0. The Kier molecular flexibility index (Phi) is 7.48. The van der Waals surface area contributed by atoms with E-state index in [0.717, 1.165) is 0 Å². The second-order valence-corrected chi connectivity index (χ2v) is 1.96. The number of carbonyl (C=O) groups excluding carboxylic acids is 3. The molecule has 0 atom stereocenters. The summed E-state index contributed by atoms with van der Waals surface area (Å²) in [5.41, 5.74) is 0. The van der Waals surface area contributed by atoms with Gasteiger partial charge < -0.3 is 17.4 Å². The predicted molar refractivity (Wildman–Crippen MR) is 32.7 cm³/mol. The maximum atomic E-state index is 10.3. The Hall–Kier alpha value is 0.113. The van der Waals surface area contributed by atoms with E-state index in [9.17, 15) is 14.4 Å². The van der Waals surface area contributed by atoms with Gasteiger partial charge in [-0.3, -0.25) is 9.59 Å². The Labute approximate surface area is 83.1 Å². The molecule has 0 aromatic heterocycles. The van der Waals surface area contributed by atoms with Crippen LogP contribution >= 0.6 is 0 Å². The van der Waals surface area contributed by atoms with Crippen LogP contribution in [0.2, 0.25) is 0 Å². The molecule has 0 unspecified atom stereocenters. The summed E-state index contributed by atoms with van der Waals surface area (Å²) in [5.74, 6) is -1.13. The van der Waals surface area contributed by atoms with Crippen molar-refractivity contribution in [3.8, 4) is 0 Å². The molecule has 0 bridgehead atoms. The minimum atomic E-state index is -0.967. The first-order valence-corrected chi connectivity index (χ1v) is 2.68. The Bertz CT molecular complexity index is 166. The number of ketones is 2. The fourth-order valence-electron chi connectivity index (χ4n) is 0.298. The number of hydrogen-bond donors (Lipinski definition) is 0. The Morgan fingerprint density at radius 3 is 1.80 bits per heavy atom. The second kappa shape index (κ2) is 5.87. The summed E-state index contributed by atoms with van der Waals surface area (Å²) in [7, 11) is 0. The largest absolute Gasteiger partial charge is 0.734 e. The van der Waals surface area contributed by atoms with Crippen molar-refractivity contribution < 1.29 is 40.6 Å². The molecule has 10 heavy (non-hydrogen) atoms. The van der Waals surface area contributed by atoms with Crippen LogP contribution < -0.4 is 0 Å². The summed E-state index contributed by atoms with van der Waals surface area (Å²) in [4.78, 5) is 30.4. The van der Waals surface area contributed by atoms with Crippen LogP contribution in [0.15, 0.2) is 0 Å². The van der Waals surface area contributed by atoms with Crippen molar-refractivity contribution >= 4 is 29.3 Å². The molecule has 3 nitrogen and oxygen atoms in total. The van der Waals surface area contributed by atoms with E-state index >= 15 is 0 Å². The first-order chi connectivity index (χ1) is 4.04. The Morgan fingerprint density at radius 1 is 1.30 bits per heavy atom. The van der Waals surface area contributed by atoms with E-state index in [4.69, 9.17) is 0 Å². The van der Waals surface area contributed by atoms with Gasteiger partial charge in [0.25, 0.3) is 0 Å². The Morgan fingerprint density at radius 2 is 1.70 bits per heavy atom. The predicted octanol–water partition coefficient (Wildman–Crippen LogP) is -0.394. The molecule has 0 radical (unpaired) electrons. The molecule has 0 aliphatic rings. The maximum absolute atomic E-state index is 10.3. The van der Waals surface area contributed by atoms with Crippen molar-refractivity contribution in [2.75, 3.05) is 0 Å². The minimum Gasteiger partial charge on any atom is -0.734 e. The van der Waals surface area contributed by atoms with E-state index in [1.54, 1.807) is 0 Å². The van der Waals surface area contributed by atoms with E-state index in [1.165, 1.54) is 6.92 Å². The zero-order valence-corrected chi connectivity index (χ0v) is 8.61. The zero-order valence-electron chi connectivity index (χ0n) is 5.34.